The maximum atomic E-state index is 11.2. The minimum atomic E-state index is -0.479. The van der Waals surface area contributed by atoms with Gasteiger partial charge in [0.1, 0.15) is 0 Å². The van der Waals surface area contributed by atoms with Crippen molar-refractivity contribution < 1.29 is 4.79 Å². The summed E-state index contributed by atoms with van der Waals surface area (Å²) < 4.78 is 0. The molecule has 2 unspecified atom stereocenters. The Morgan fingerprint density at radius 3 is 2.72 bits per heavy atom. The molecule has 2 atom stereocenters. The molecule has 1 aromatic carbocycles. The van der Waals surface area contributed by atoms with E-state index >= 15 is 0 Å². The molecule has 0 saturated heterocycles. The van der Waals surface area contributed by atoms with Gasteiger partial charge in [0.05, 0.1) is 16.9 Å². The van der Waals surface area contributed by atoms with Crippen LogP contribution in [0.3, 0.4) is 0 Å². The van der Waals surface area contributed by atoms with Crippen molar-refractivity contribution in [2.75, 3.05) is 11.1 Å². The van der Waals surface area contributed by atoms with Crippen LogP contribution in [0.2, 0.25) is 0 Å². The lowest BCUT2D eigenvalue weighted by Crippen LogP contribution is -2.30. The molecule has 0 aliphatic heterocycles. The molecule has 4 nitrogen and oxygen atoms in total. The van der Waals surface area contributed by atoms with Gasteiger partial charge in [0, 0.05) is 6.04 Å². The van der Waals surface area contributed by atoms with Gasteiger partial charge in [-0.05, 0) is 30.9 Å². The van der Waals surface area contributed by atoms with E-state index in [1.54, 1.807) is 6.07 Å². The van der Waals surface area contributed by atoms with E-state index in [0.717, 1.165) is 12.1 Å². The molecule has 0 aromatic heterocycles. The lowest BCUT2D eigenvalue weighted by Gasteiger charge is -2.31. The summed E-state index contributed by atoms with van der Waals surface area (Å²) >= 11 is 0. The summed E-state index contributed by atoms with van der Waals surface area (Å²) in [5.41, 5.74) is 13.0. The van der Waals surface area contributed by atoms with Gasteiger partial charge in [0.25, 0.3) is 5.91 Å². The van der Waals surface area contributed by atoms with Crippen molar-refractivity contribution >= 4 is 17.3 Å². The van der Waals surface area contributed by atoms with Crippen molar-refractivity contribution in [2.45, 2.75) is 38.6 Å². The van der Waals surface area contributed by atoms with Gasteiger partial charge in [-0.3, -0.25) is 4.79 Å². The second-order valence-electron chi connectivity index (χ2n) is 5.14. The van der Waals surface area contributed by atoms with Crippen molar-refractivity contribution in [1.29, 1.82) is 0 Å². The molecule has 0 bridgehead atoms. The van der Waals surface area contributed by atoms with Gasteiger partial charge in [-0.2, -0.15) is 0 Å². The summed E-state index contributed by atoms with van der Waals surface area (Å²) in [6.07, 6.45) is 4.95. The average molecular weight is 247 g/mol. The van der Waals surface area contributed by atoms with Crippen LogP contribution in [0.15, 0.2) is 18.2 Å². The van der Waals surface area contributed by atoms with Crippen LogP contribution >= 0.6 is 0 Å². The molecule has 1 aliphatic carbocycles. The van der Waals surface area contributed by atoms with Gasteiger partial charge < -0.3 is 16.8 Å². The highest BCUT2D eigenvalue weighted by Gasteiger charge is 2.22. The number of benzene rings is 1. The largest absolute Gasteiger partial charge is 0.396 e. The Bertz CT molecular complexity index is 445. The minimum absolute atomic E-state index is 0.392. The summed E-state index contributed by atoms with van der Waals surface area (Å²) in [5, 5.41) is 3.46. The third-order valence-electron chi connectivity index (χ3n) is 3.82. The fraction of sp³-hybridized carbons (Fsp3) is 0.500. The predicted octanol–water partition coefficient (Wildman–Crippen LogP) is 2.36. The van der Waals surface area contributed by atoms with Crippen LogP contribution < -0.4 is 16.8 Å². The monoisotopic (exact) mass is 247 g/mol. The topological polar surface area (TPSA) is 81.1 Å². The highest BCUT2D eigenvalue weighted by atomic mass is 16.1. The highest BCUT2D eigenvalue weighted by molar-refractivity contribution is 6.00. The average Bonchev–Trinajstić information content (AvgIpc) is 2.34. The number of hydrogen-bond acceptors (Lipinski definition) is 3. The smallest absolute Gasteiger partial charge is 0.250 e. The van der Waals surface area contributed by atoms with Crippen molar-refractivity contribution in [2.24, 2.45) is 11.7 Å². The van der Waals surface area contributed by atoms with Gasteiger partial charge in [-0.1, -0.05) is 25.8 Å². The number of primary amides is 1. The number of rotatable bonds is 3. The molecule has 0 heterocycles. The molecular formula is C14H21N3O. The molecule has 1 saturated carbocycles. The molecular weight excluding hydrogens is 226 g/mol. The second-order valence-corrected chi connectivity index (χ2v) is 5.14. The number of carbonyl (C=O) groups is 1. The SMILES string of the molecule is CC1CCCCC1Nc1cccc(C(N)=O)c1N. The number of nitrogen functional groups attached to an aromatic ring is 1. The van der Waals surface area contributed by atoms with Crippen LogP contribution in [-0.2, 0) is 0 Å². The first-order chi connectivity index (χ1) is 8.59. The van der Waals surface area contributed by atoms with Gasteiger partial charge in [-0.25, -0.2) is 0 Å². The summed E-state index contributed by atoms with van der Waals surface area (Å²) in [6.45, 7) is 2.25. The number of nitrogens with one attached hydrogen (secondary N) is 1. The Hall–Kier alpha value is -1.71. The maximum absolute atomic E-state index is 11.2. The van der Waals surface area contributed by atoms with Crippen molar-refractivity contribution in [1.82, 2.24) is 0 Å². The van der Waals surface area contributed by atoms with E-state index in [-0.39, 0.29) is 0 Å². The maximum Gasteiger partial charge on any atom is 0.250 e. The molecule has 18 heavy (non-hydrogen) atoms. The zero-order valence-electron chi connectivity index (χ0n) is 10.8. The first-order valence-corrected chi connectivity index (χ1v) is 6.54. The van der Waals surface area contributed by atoms with Crippen LogP contribution in [-0.4, -0.2) is 11.9 Å². The predicted molar refractivity (Wildman–Crippen MR) is 74.4 cm³/mol. The van der Waals surface area contributed by atoms with E-state index in [1.807, 2.05) is 12.1 Å². The second kappa shape index (κ2) is 5.29. The fourth-order valence-electron chi connectivity index (χ4n) is 2.64. The fourth-order valence-corrected chi connectivity index (χ4v) is 2.64. The summed E-state index contributed by atoms with van der Waals surface area (Å²) in [7, 11) is 0. The van der Waals surface area contributed by atoms with E-state index in [1.165, 1.54) is 19.3 Å². The third kappa shape index (κ3) is 2.58. The van der Waals surface area contributed by atoms with Gasteiger partial charge in [0.15, 0.2) is 0 Å². The van der Waals surface area contributed by atoms with Crippen molar-refractivity contribution in [3.63, 3.8) is 0 Å². The summed E-state index contributed by atoms with van der Waals surface area (Å²) in [4.78, 5) is 11.2. The molecule has 98 valence electrons. The van der Waals surface area contributed by atoms with E-state index in [0.29, 0.717) is 23.2 Å². The minimum Gasteiger partial charge on any atom is -0.396 e. The molecule has 0 radical (unpaired) electrons. The molecule has 1 aromatic rings. The normalized spacial score (nSPS) is 23.6. The number of anilines is 2. The van der Waals surface area contributed by atoms with E-state index in [2.05, 4.69) is 12.2 Å². The Kier molecular flexibility index (Phi) is 3.75. The highest BCUT2D eigenvalue weighted by Crippen LogP contribution is 2.30. The Morgan fingerprint density at radius 1 is 1.33 bits per heavy atom. The lowest BCUT2D eigenvalue weighted by atomic mass is 9.85. The van der Waals surface area contributed by atoms with Gasteiger partial charge in [0.2, 0.25) is 0 Å². The Balaban J connectivity index is 2.18. The van der Waals surface area contributed by atoms with Crippen LogP contribution in [0, 0.1) is 5.92 Å². The number of nitrogens with two attached hydrogens (primary N) is 2. The summed E-state index contributed by atoms with van der Waals surface area (Å²) in [6, 6.07) is 5.81. The van der Waals surface area contributed by atoms with Crippen LogP contribution in [0.4, 0.5) is 11.4 Å². The Labute approximate surface area is 108 Å². The van der Waals surface area contributed by atoms with E-state index in [9.17, 15) is 4.79 Å². The molecule has 5 N–H and O–H groups in total. The van der Waals surface area contributed by atoms with E-state index in [4.69, 9.17) is 11.5 Å². The molecule has 1 amide bonds. The third-order valence-corrected chi connectivity index (χ3v) is 3.82. The quantitative estimate of drug-likeness (QED) is 0.717. The standard InChI is InChI=1S/C14H21N3O/c1-9-5-2-3-7-11(9)17-12-8-4-6-10(13(12)15)14(16)18/h4,6,8-9,11,17H,2-3,5,7,15H2,1H3,(H2,16,18). The molecule has 2 rings (SSSR count). The molecule has 1 aliphatic rings. The summed E-state index contributed by atoms with van der Waals surface area (Å²) in [5.74, 6) is 0.156. The van der Waals surface area contributed by atoms with Crippen molar-refractivity contribution in [3.8, 4) is 0 Å². The van der Waals surface area contributed by atoms with Gasteiger partial charge >= 0.3 is 0 Å². The molecule has 4 heteroatoms. The number of carbonyl (C=O) groups excluding carboxylic acids is 1. The number of para-hydroxylation sites is 1. The zero-order valence-corrected chi connectivity index (χ0v) is 10.8. The zero-order chi connectivity index (χ0) is 13.1. The molecule has 0 spiro atoms. The number of hydrogen-bond donors (Lipinski definition) is 3. The van der Waals surface area contributed by atoms with Crippen LogP contribution in [0.5, 0.6) is 0 Å². The van der Waals surface area contributed by atoms with Crippen molar-refractivity contribution in [3.05, 3.63) is 23.8 Å². The van der Waals surface area contributed by atoms with Gasteiger partial charge in [-0.15, -0.1) is 0 Å². The molecule has 1 fully saturated rings. The van der Waals surface area contributed by atoms with Crippen LogP contribution in [0.25, 0.3) is 0 Å². The number of amides is 1. The lowest BCUT2D eigenvalue weighted by molar-refractivity contribution is 0.100. The Morgan fingerprint density at radius 2 is 2.06 bits per heavy atom. The first kappa shape index (κ1) is 12.7. The van der Waals surface area contributed by atoms with E-state index < -0.39 is 5.91 Å². The van der Waals surface area contributed by atoms with Crippen LogP contribution in [0.1, 0.15) is 43.0 Å². The first-order valence-electron chi connectivity index (χ1n) is 6.54.